The number of sulfone groups is 1. The summed E-state index contributed by atoms with van der Waals surface area (Å²) in [4.78, 5) is 20.7. The Balaban J connectivity index is 2.09. The van der Waals surface area contributed by atoms with Crippen molar-refractivity contribution in [2.75, 3.05) is 38.8 Å². The van der Waals surface area contributed by atoms with Crippen molar-refractivity contribution < 1.29 is 13.2 Å². The Hall–Kier alpha value is -2.45. The average Bonchev–Trinajstić information content (AvgIpc) is 2.59. The second kappa shape index (κ2) is 8.77. The largest absolute Gasteiger partial charge is 0.322 e. The molecule has 26 heavy (non-hydrogen) atoms. The lowest BCUT2D eigenvalue weighted by Crippen LogP contribution is -2.39. The van der Waals surface area contributed by atoms with Crippen LogP contribution in [0.3, 0.4) is 0 Å². The fourth-order valence-electron chi connectivity index (χ4n) is 2.27. The first-order chi connectivity index (χ1) is 12.3. The highest BCUT2D eigenvalue weighted by Gasteiger charge is 2.15. The molecule has 0 radical (unpaired) electrons. The molecule has 2 aromatic rings. The minimum atomic E-state index is -3.26. The molecule has 0 unspecified atom stereocenters. The number of anilines is 1. The SMILES string of the molecule is CN(C)CCN(Cc1cccnc1)C(=O)Nc1ccc(S(C)(=O)=O)cc1. The monoisotopic (exact) mass is 376 g/mol. The topological polar surface area (TPSA) is 82.6 Å². The molecule has 0 fully saturated rings. The highest BCUT2D eigenvalue weighted by Crippen LogP contribution is 2.15. The fourth-order valence-corrected chi connectivity index (χ4v) is 2.90. The minimum absolute atomic E-state index is 0.218. The molecule has 1 heterocycles. The van der Waals surface area contributed by atoms with Crippen LogP contribution in [0.25, 0.3) is 0 Å². The quantitative estimate of drug-likeness (QED) is 0.800. The predicted molar refractivity (Wildman–Crippen MR) is 102 cm³/mol. The van der Waals surface area contributed by atoms with Gasteiger partial charge < -0.3 is 15.1 Å². The number of benzene rings is 1. The van der Waals surface area contributed by atoms with Crippen molar-refractivity contribution >= 4 is 21.6 Å². The zero-order chi connectivity index (χ0) is 19.2. The van der Waals surface area contributed by atoms with Gasteiger partial charge in [0.2, 0.25) is 0 Å². The first-order valence-corrected chi connectivity index (χ1v) is 10.0. The summed E-state index contributed by atoms with van der Waals surface area (Å²) < 4.78 is 23.0. The van der Waals surface area contributed by atoms with Crippen LogP contribution in [-0.4, -0.2) is 62.7 Å². The van der Waals surface area contributed by atoms with Gasteiger partial charge in [-0.3, -0.25) is 4.98 Å². The maximum atomic E-state index is 12.7. The molecule has 2 amide bonds. The van der Waals surface area contributed by atoms with E-state index in [4.69, 9.17) is 0 Å². The first kappa shape index (κ1) is 19.9. The molecule has 1 N–H and O–H groups in total. The summed E-state index contributed by atoms with van der Waals surface area (Å²) in [6.07, 6.45) is 4.57. The molecule has 2 rings (SSSR count). The molecule has 0 aliphatic heterocycles. The molecule has 1 aromatic carbocycles. The molecule has 0 aliphatic rings. The number of aromatic nitrogens is 1. The summed E-state index contributed by atoms with van der Waals surface area (Å²) in [5, 5.41) is 2.82. The van der Waals surface area contributed by atoms with Gasteiger partial charge in [0, 0.05) is 44.0 Å². The number of carbonyl (C=O) groups is 1. The number of amides is 2. The molecule has 0 spiro atoms. The highest BCUT2D eigenvalue weighted by molar-refractivity contribution is 7.90. The Kier molecular flexibility index (Phi) is 6.70. The summed E-state index contributed by atoms with van der Waals surface area (Å²) in [7, 11) is 0.638. The van der Waals surface area contributed by atoms with Gasteiger partial charge in [0.15, 0.2) is 9.84 Å². The average molecular weight is 376 g/mol. The van der Waals surface area contributed by atoms with Crippen molar-refractivity contribution in [2.24, 2.45) is 0 Å². The summed E-state index contributed by atoms with van der Waals surface area (Å²) >= 11 is 0. The van der Waals surface area contributed by atoms with Gasteiger partial charge in [0.25, 0.3) is 0 Å². The minimum Gasteiger partial charge on any atom is -0.319 e. The van der Waals surface area contributed by atoms with E-state index in [1.807, 2.05) is 31.1 Å². The maximum absolute atomic E-state index is 12.7. The predicted octanol–water partition coefficient (Wildman–Crippen LogP) is 2.08. The van der Waals surface area contributed by atoms with Crippen molar-refractivity contribution in [3.05, 3.63) is 54.4 Å². The summed E-state index contributed by atoms with van der Waals surface area (Å²) in [5.74, 6) is 0. The van der Waals surface area contributed by atoms with E-state index in [9.17, 15) is 13.2 Å². The van der Waals surface area contributed by atoms with Gasteiger partial charge in [-0.2, -0.15) is 0 Å². The standard InChI is InChI=1S/C18H24N4O3S/c1-21(2)11-12-22(14-15-5-4-10-19-13-15)18(23)20-16-6-8-17(9-7-16)26(3,24)25/h4-10,13H,11-12,14H2,1-3H3,(H,20,23). The van der Waals surface area contributed by atoms with Crippen molar-refractivity contribution in [3.8, 4) is 0 Å². The van der Waals surface area contributed by atoms with Gasteiger partial charge in [-0.1, -0.05) is 6.07 Å². The van der Waals surface area contributed by atoms with Crippen LogP contribution >= 0.6 is 0 Å². The lowest BCUT2D eigenvalue weighted by Gasteiger charge is -2.24. The summed E-state index contributed by atoms with van der Waals surface area (Å²) in [6, 6.07) is 9.64. The Morgan fingerprint density at radius 1 is 1.12 bits per heavy atom. The van der Waals surface area contributed by atoms with Crippen LogP contribution < -0.4 is 5.32 Å². The van der Waals surface area contributed by atoms with E-state index < -0.39 is 9.84 Å². The van der Waals surface area contributed by atoms with E-state index in [1.54, 1.807) is 29.4 Å². The fraction of sp³-hybridized carbons (Fsp3) is 0.333. The molecule has 140 valence electrons. The second-order valence-electron chi connectivity index (χ2n) is 6.31. The van der Waals surface area contributed by atoms with E-state index in [0.29, 0.717) is 18.8 Å². The van der Waals surface area contributed by atoms with Crippen LogP contribution in [0.5, 0.6) is 0 Å². The third-order valence-electron chi connectivity index (χ3n) is 3.73. The van der Waals surface area contributed by atoms with Gasteiger partial charge in [-0.05, 0) is 50.0 Å². The summed E-state index contributed by atoms with van der Waals surface area (Å²) in [5.41, 5.74) is 1.48. The van der Waals surface area contributed by atoms with Crippen LogP contribution in [0.2, 0.25) is 0 Å². The number of rotatable bonds is 7. The molecule has 0 bridgehead atoms. The first-order valence-electron chi connectivity index (χ1n) is 8.15. The number of hydrogen-bond donors (Lipinski definition) is 1. The number of likely N-dealkylation sites (N-methyl/N-ethyl adjacent to an activating group) is 1. The van der Waals surface area contributed by atoms with Crippen molar-refractivity contribution in [2.45, 2.75) is 11.4 Å². The number of carbonyl (C=O) groups excluding carboxylic acids is 1. The number of nitrogens with one attached hydrogen (secondary N) is 1. The van der Waals surface area contributed by atoms with Crippen LogP contribution in [0, 0.1) is 0 Å². The van der Waals surface area contributed by atoms with E-state index in [2.05, 4.69) is 10.3 Å². The number of urea groups is 1. The van der Waals surface area contributed by atoms with Gasteiger partial charge in [-0.25, -0.2) is 13.2 Å². The van der Waals surface area contributed by atoms with E-state index in [0.717, 1.165) is 18.4 Å². The number of nitrogens with zero attached hydrogens (tertiary/aromatic N) is 3. The van der Waals surface area contributed by atoms with E-state index in [1.165, 1.54) is 12.1 Å². The smallest absolute Gasteiger partial charge is 0.319 e. The highest BCUT2D eigenvalue weighted by atomic mass is 32.2. The van der Waals surface area contributed by atoms with Gasteiger partial charge in [-0.15, -0.1) is 0 Å². The third-order valence-corrected chi connectivity index (χ3v) is 4.86. The molecular formula is C18H24N4O3S. The molecule has 1 aromatic heterocycles. The van der Waals surface area contributed by atoms with Crippen LogP contribution in [0.15, 0.2) is 53.7 Å². The molecule has 8 heteroatoms. The number of pyridine rings is 1. The molecule has 7 nitrogen and oxygen atoms in total. The van der Waals surface area contributed by atoms with Crippen molar-refractivity contribution in [1.82, 2.24) is 14.8 Å². The second-order valence-corrected chi connectivity index (χ2v) is 8.33. The van der Waals surface area contributed by atoms with Gasteiger partial charge in [0.1, 0.15) is 0 Å². The molecular weight excluding hydrogens is 352 g/mol. The van der Waals surface area contributed by atoms with Crippen molar-refractivity contribution in [3.63, 3.8) is 0 Å². The van der Waals surface area contributed by atoms with Crippen LogP contribution in [0.4, 0.5) is 10.5 Å². The molecule has 0 saturated heterocycles. The zero-order valence-electron chi connectivity index (χ0n) is 15.2. The zero-order valence-corrected chi connectivity index (χ0v) is 16.0. The molecule has 0 atom stereocenters. The number of hydrogen-bond acceptors (Lipinski definition) is 5. The molecule has 0 saturated carbocycles. The van der Waals surface area contributed by atoms with E-state index in [-0.39, 0.29) is 10.9 Å². The van der Waals surface area contributed by atoms with Gasteiger partial charge >= 0.3 is 6.03 Å². The molecule has 0 aliphatic carbocycles. The Morgan fingerprint density at radius 2 is 1.81 bits per heavy atom. The van der Waals surface area contributed by atoms with Gasteiger partial charge in [0.05, 0.1) is 4.90 Å². The maximum Gasteiger partial charge on any atom is 0.322 e. The lowest BCUT2D eigenvalue weighted by molar-refractivity contribution is 0.202. The summed E-state index contributed by atoms with van der Waals surface area (Å²) in [6.45, 7) is 1.71. The Bertz CT molecular complexity index is 821. The van der Waals surface area contributed by atoms with Crippen molar-refractivity contribution in [1.29, 1.82) is 0 Å². The lowest BCUT2D eigenvalue weighted by atomic mass is 10.2. The van der Waals surface area contributed by atoms with E-state index >= 15 is 0 Å². The van der Waals surface area contributed by atoms with Crippen LogP contribution in [-0.2, 0) is 16.4 Å². The normalized spacial score (nSPS) is 11.4. The van der Waals surface area contributed by atoms with Crippen LogP contribution in [0.1, 0.15) is 5.56 Å². The Morgan fingerprint density at radius 3 is 2.35 bits per heavy atom. The third kappa shape index (κ3) is 6.12. The Labute approximate surface area is 154 Å².